The first kappa shape index (κ1) is 11.3. The molecule has 0 amide bonds. The molecule has 80 valence electrons. The fourth-order valence-electron chi connectivity index (χ4n) is 1.19. The van der Waals surface area contributed by atoms with Crippen molar-refractivity contribution in [3.63, 3.8) is 0 Å². The van der Waals surface area contributed by atoms with Crippen molar-refractivity contribution in [2.24, 2.45) is 0 Å². The number of unbranched alkanes of at least 4 members (excludes halogenated alkanes) is 1. The maximum absolute atomic E-state index is 10.2. The smallest absolute Gasteiger partial charge is 0.327 e. The summed E-state index contributed by atoms with van der Waals surface area (Å²) >= 11 is 0. The Morgan fingerprint density at radius 1 is 1.33 bits per heavy atom. The van der Waals surface area contributed by atoms with Gasteiger partial charge in [-0.05, 0) is 25.0 Å². The van der Waals surface area contributed by atoms with Crippen molar-refractivity contribution < 1.29 is 9.90 Å². The van der Waals surface area contributed by atoms with Crippen molar-refractivity contribution in [2.45, 2.75) is 12.8 Å². The van der Waals surface area contributed by atoms with E-state index >= 15 is 0 Å². The average molecular weight is 205 g/mol. The third-order valence-electron chi connectivity index (χ3n) is 1.91. The van der Waals surface area contributed by atoms with Crippen LogP contribution in [0.1, 0.15) is 12.8 Å². The van der Waals surface area contributed by atoms with E-state index in [1.165, 1.54) is 6.08 Å². The van der Waals surface area contributed by atoms with Crippen molar-refractivity contribution in [1.29, 1.82) is 0 Å². The highest BCUT2D eigenvalue weighted by atomic mass is 16.4. The lowest BCUT2D eigenvalue weighted by Gasteiger charge is -2.03. The molecule has 0 bridgehead atoms. The number of benzene rings is 1. The molecule has 1 aromatic carbocycles. The van der Waals surface area contributed by atoms with Gasteiger partial charge in [0.15, 0.2) is 0 Å². The maximum atomic E-state index is 10.2. The van der Waals surface area contributed by atoms with Crippen LogP contribution in [0.3, 0.4) is 0 Å². The highest BCUT2D eigenvalue weighted by molar-refractivity contribution is 5.79. The number of hydrogen-bond acceptors (Lipinski definition) is 2. The zero-order chi connectivity index (χ0) is 10.9. The van der Waals surface area contributed by atoms with Gasteiger partial charge in [0.1, 0.15) is 0 Å². The first-order valence-electron chi connectivity index (χ1n) is 4.97. The Bertz CT molecular complexity index is 320. The molecule has 0 heterocycles. The number of carbonyl (C=O) groups is 1. The number of para-hydroxylation sites is 1. The predicted molar refractivity (Wildman–Crippen MR) is 60.9 cm³/mol. The Labute approximate surface area is 89.4 Å². The summed E-state index contributed by atoms with van der Waals surface area (Å²) in [5, 5.41) is 11.6. The molecule has 1 rings (SSSR count). The highest BCUT2D eigenvalue weighted by Crippen LogP contribution is 2.04. The zero-order valence-corrected chi connectivity index (χ0v) is 8.52. The van der Waals surface area contributed by atoms with Crippen molar-refractivity contribution in [2.75, 3.05) is 11.9 Å². The van der Waals surface area contributed by atoms with Crippen molar-refractivity contribution in [3.8, 4) is 0 Å². The van der Waals surface area contributed by atoms with Crippen LogP contribution in [0.5, 0.6) is 0 Å². The molecule has 0 aliphatic carbocycles. The molecule has 0 aliphatic heterocycles. The number of carboxylic acids is 1. The van der Waals surface area contributed by atoms with Gasteiger partial charge in [-0.15, -0.1) is 0 Å². The minimum Gasteiger partial charge on any atom is -0.478 e. The minimum absolute atomic E-state index is 0.784. The van der Waals surface area contributed by atoms with Crippen molar-refractivity contribution in [1.82, 2.24) is 0 Å². The molecule has 0 radical (unpaired) electrons. The average Bonchev–Trinajstić information content (AvgIpc) is 2.24. The van der Waals surface area contributed by atoms with E-state index in [2.05, 4.69) is 5.32 Å². The summed E-state index contributed by atoms with van der Waals surface area (Å²) < 4.78 is 0. The van der Waals surface area contributed by atoms with E-state index in [0.717, 1.165) is 25.1 Å². The summed E-state index contributed by atoms with van der Waals surface area (Å²) in [7, 11) is 0. The highest BCUT2D eigenvalue weighted by Gasteiger charge is 1.89. The normalized spacial score (nSPS) is 10.4. The number of anilines is 1. The van der Waals surface area contributed by atoms with Crippen LogP contribution in [0.15, 0.2) is 42.5 Å². The predicted octanol–water partition coefficient (Wildman–Crippen LogP) is 2.52. The molecule has 0 aliphatic rings. The third kappa shape index (κ3) is 5.52. The number of rotatable bonds is 6. The second-order valence-corrected chi connectivity index (χ2v) is 3.18. The van der Waals surface area contributed by atoms with Gasteiger partial charge in [-0.2, -0.15) is 0 Å². The zero-order valence-electron chi connectivity index (χ0n) is 8.52. The van der Waals surface area contributed by atoms with Gasteiger partial charge in [0, 0.05) is 18.3 Å². The molecule has 0 fully saturated rings. The molecule has 15 heavy (non-hydrogen) atoms. The van der Waals surface area contributed by atoms with E-state index in [-0.39, 0.29) is 0 Å². The standard InChI is InChI=1S/C12H15NO2/c14-12(15)9-5-2-6-10-13-11-7-3-1-4-8-11/h1,3-5,7-9,13H,2,6,10H2,(H,14,15)/b9-5+. The SMILES string of the molecule is O=C(O)/C=C/CCCNc1ccccc1. The van der Waals surface area contributed by atoms with Crippen LogP contribution < -0.4 is 5.32 Å². The van der Waals surface area contributed by atoms with Crippen molar-refractivity contribution in [3.05, 3.63) is 42.5 Å². The van der Waals surface area contributed by atoms with Gasteiger partial charge in [0.25, 0.3) is 0 Å². The minimum atomic E-state index is -0.883. The van der Waals surface area contributed by atoms with Gasteiger partial charge < -0.3 is 10.4 Å². The molecule has 0 saturated heterocycles. The second kappa shape index (κ2) is 6.65. The molecule has 3 nitrogen and oxygen atoms in total. The van der Waals surface area contributed by atoms with Gasteiger partial charge in [0.2, 0.25) is 0 Å². The number of aliphatic carboxylic acids is 1. The molecule has 0 spiro atoms. The Hall–Kier alpha value is -1.77. The Morgan fingerprint density at radius 2 is 2.07 bits per heavy atom. The van der Waals surface area contributed by atoms with Crippen molar-refractivity contribution >= 4 is 11.7 Å². The van der Waals surface area contributed by atoms with Crippen LogP contribution in [0, 0.1) is 0 Å². The lowest BCUT2D eigenvalue weighted by Crippen LogP contribution is -2.00. The van der Waals surface area contributed by atoms with Crippen LogP contribution in [0.2, 0.25) is 0 Å². The largest absolute Gasteiger partial charge is 0.478 e. The van der Waals surface area contributed by atoms with E-state index in [9.17, 15) is 4.79 Å². The maximum Gasteiger partial charge on any atom is 0.327 e. The second-order valence-electron chi connectivity index (χ2n) is 3.18. The Morgan fingerprint density at radius 3 is 2.73 bits per heavy atom. The first-order chi connectivity index (χ1) is 7.29. The number of carboxylic acid groups (broad SMARTS) is 1. The number of allylic oxidation sites excluding steroid dienone is 1. The summed E-state index contributed by atoms with van der Waals surface area (Å²) in [5.74, 6) is -0.883. The van der Waals surface area contributed by atoms with Gasteiger partial charge >= 0.3 is 5.97 Å². The fourth-order valence-corrected chi connectivity index (χ4v) is 1.19. The van der Waals surface area contributed by atoms with E-state index in [0.29, 0.717) is 0 Å². The van der Waals surface area contributed by atoms with Gasteiger partial charge in [-0.1, -0.05) is 24.3 Å². The van der Waals surface area contributed by atoms with E-state index in [1.807, 2.05) is 30.3 Å². The summed E-state index contributed by atoms with van der Waals surface area (Å²) in [4.78, 5) is 10.2. The molecule has 2 N–H and O–H groups in total. The van der Waals surface area contributed by atoms with Crippen LogP contribution in [0.25, 0.3) is 0 Å². The third-order valence-corrected chi connectivity index (χ3v) is 1.91. The van der Waals surface area contributed by atoms with Crippen LogP contribution in [0.4, 0.5) is 5.69 Å². The molecular formula is C12H15NO2. The first-order valence-corrected chi connectivity index (χ1v) is 4.97. The number of hydrogen-bond donors (Lipinski definition) is 2. The Kier molecular flexibility index (Phi) is 5.01. The lowest BCUT2D eigenvalue weighted by molar-refractivity contribution is -0.131. The van der Waals surface area contributed by atoms with Gasteiger partial charge in [-0.3, -0.25) is 0 Å². The molecule has 0 atom stereocenters. The van der Waals surface area contributed by atoms with Gasteiger partial charge in [0.05, 0.1) is 0 Å². The summed E-state index contributed by atoms with van der Waals surface area (Å²) in [6.07, 6.45) is 4.57. The quantitative estimate of drug-likeness (QED) is 0.554. The molecular weight excluding hydrogens is 190 g/mol. The monoisotopic (exact) mass is 205 g/mol. The fraction of sp³-hybridized carbons (Fsp3) is 0.250. The molecule has 0 saturated carbocycles. The molecule has 0 unspecified atom stereocenters. The van der Waals surface area contributed by atoms with Gasteiger partial charge in [-0.25, -0.2) is 4.79 Å². The van der Waals surface area contributed by atoms with E-state index in [4.69, 9.17) is 5.11 Å². The van der Waals surface area contributed by atoms with E-state index < -0.39 is 5.97 Å². The summed E-state index contributed by atoms with van der Waals surface area (Å²) in [6, 6.07) is 9.94. The molecule has 1 aromatic rings. The molecule has 3 heteroatoms. The summed E-state index contributed by atoms with van der Waals surface area (Å²) in [5.41, 5.74) is 1.10. The van der Waals surface area contributed by atoms with E-state index in [1.54, 1.807) is 6.08 Å². The summed E-state index contributed by atoms with van der Waals surface area (Å²) in [6.45, 7) is 0.855. The van der Waals surface area contributed by atoms with Crippen LogP contribution in [-0.4, -0.2) is 17.6 Å². The van der Waals surface area contributed by atoms with Crippen LogP contribution in [-0.2, 0) is 4.79 Å². The van der Waals surface area contributed by atoms with Crippen LogP contribution >= 0.6 is 0 Å². The topological polar surface area (TPSA) is 49.3 Å². The Balaban J connectivity index is 2.10. The molecule has 0 aromatic heterocycles. The lowest BCUT2D eigenvalue weighted by atomic mass is 10.2. The number of nitrogens with one attached hydrogen (secondary N) is 1.